The van der Waals surface area contributed by atoms with E-state index in [0.717, 1.165) is 5.56 Å². The minimum atomic E-state index is -4.55. The van der Waals surface area contributed by atoms with Gasteiger partial charge in [-0.1, -0.05) is 18.2 Å². The lowest BCUT2D eigenvalue weighted by Gasteiger charge is -2.21. The zero-order valence-corrected chi connectivity index (χ0v) is 13.1. The molecule has 0 aliphatic heterocycles. The maximum Gasteiger partial charge on any atom is 0.427 e. The number of benzene rings is 1. The summed E-state index contributed by atoms with van der Waals surface area (Å²) in [4.78, 5) is 30.0. The van der Waals surface area contributed by atoms with Crippen LogP contribution >= 0.6 is 7.75 Å². The van der Waals surface area contributed by atoms with E-state index in [-0.39, 0.29) is 29.9 Å². The van der Waals surface area contributed by atoms with E-state index in [0.29, 0.717) is 6.42 Å². The number of allylic oxidation sites excluding steroid dienone is 2. The molecule has 1 aliphatic rings. The van der Waals surface area contributed by atoms with Crippen molar-refractivity contribution in [2.24, 2.45) is 0 Å². The molecule has 1 unspecified atom stereocenters. The maximum atomic E-state index is 12.0. The van der Waals surface area contributed by atoms with Crippen molar-refractivity contribution in [3.05, 3.63) is 53.3 Å². The molecule has 0 amide bonds. The van der Waals surface area contributed by atoms with Crippen LogP contribution in [-0.4, -0.2) is 31.9 Å². The number of aliphatic hydroxyl groups excluding tert-OH is 1. The third-order valence-electron chi connectivity index (χ3n) is 3.44. The summed E-state index contributed by atoms with van der Waals surface area (Å²) in [6.07, 6.45) is 2.43. The van der Waals surface area contributed by atoms with Crippen LogP contribution in [0.1, 0.15) is 18.4 Å². The summed E-state index contributed by atoms with van der Waals surface area (Å²) >= 11 is 0. The molecule has 23 heavy (non-hydrogen) atoms. The van der Waals surface area contributed by atoms with E-state index in [2.05, 4.69) is 0 Å². The van der Waals surface area contributed by atoms with E-state index >= 15 is 0 Å². The maximum absolute atomic E-state index is 12.0. The van der Waals surface area contributed by atoms with Crippen molar-refractivity contribution in [2.45, 2.75) is 25.4 Å². The number of hydrogen-bond acceptors (Lipinski definition) is 4. The highest BCUT2D eigenvalue weighted by molar-refractivity contribution is 7.49. The summed E-state index contributed by atoms with van der Waals surface area (Å²) in [5.74, 6) is -0.330. The molecule has 0 heterocycles. The Morgan fingerprint density at radius 3 is 2.48 bits per heavy atom. The number of ketones is 1. The summed E-state index contributed by atoms with van der Waals surface area (Å²) in [7, 11) is -4.55. The van der Waals surface area contributed by atoms with Crippen LogP contribution in [0.2, 0.25) is 0 Å². The minimum absolute atomic E-state index is 0.0189. The number of hydrogen-bond donors (Lipinski definition) is 5. The molecule has 0 fully saturated rings. The van der Waals surface area contributed by atoms with Gasteiger partial charge in [0.05, 0.1) is 6.10 Å². The number of nitrogens with one attached hydrogen (secondary N) is 1. The molecular weight excluding hydrogens is 321 g/mol. The van der Waals surface area contributed by atoms with Crippen LogP contribution < -0.4 is 5.09 Å². The Morgan fingerprint density at radius 2 is 1.87 bits per heavy atom. The molecule has 2 rings (SSSR count). The van der Waals surface area contributed by atoms with E-state index < -0.39 is 19.6 Å². The molecule has 1 aliphatic carbocycles. The van der Waals surface area contributed by atoms with Crippen molar-refractivity contribution in [2.75, 3.05) is 0 Å². The molecule has 0 spiro atoms. The molecule has 0 saturated heterocycles. The van der Waals surface area contributed by atoms with Crippen LogP contribution in [0.5, 0.6) is 5.75 Å². The second kappa shape index (κ2) is 7.10. The molecule has 0 saturated carbocycles. The Morgan fingerprint density at radius 1 is 1.22 bits per heavy atom. The summed E-state index contributed by atoms with van der Waals surface area (Å²) in [6, 6.07) is 6.45. The van der Waals surface area contributed by atoms with Crippen molar-refractivity contribution in [3.8, 4) is 5.75 Å². The van der Waals surface area contributed by atoms with E-state index in [1.807, 2.05) is 5.09 Å². The van der Waals surface area contributed by atoms with Gasteiger partial charge in [-0.05, 0) is 36.6 Å². The van der Waals surface area contributed by atoms with Gasteiger partial charge in [0.2, 0.25) is 0 Å². The first-order valence-corrected chi connectivity index (χ1v) is 8.61. The van der Waals surface area contributed by atoms with E-state index in [4.69, 9.17) is 9.79 Å². The Bertz CT molecular complexity index is 688. The van der Waals surface area contributed by atoms with E-state index in [1.165, 1.54) is 24.3 Å². The Labute approximate surface area is 133 Å². The van der Waals surface area contributed by atoms with Crippen LogP contribution in [0.4, 0.5) is 0 Å². The molecule has 1 atom stereocenters. The Balaban J connectivity index is 2.12. The quantitative estimate of drug-likeness (QED) is 0.492. The zero-order chi connectivity index (χ0) is 17.0. The first-order chi connectivity index (χ1) is 10.8. The van der Waals surface area contributed by atoms with E-state index in [1.54, 1.807) is 12.1 Å². The van der Waals surface area contributed by atoms with Gasteiger partial charge in [0.1, 0.15) is 5.75 Å². The largest absolute Gasteiger partial charge is 0.508 e. The topological polar surface area (TPSA) is 127 Å². The first kappa shape index (κ1) is 17.4. The van der Waals surface area contributed by atoms with Crippen LogP contribution in [-0.2, 0) is 15.8 Å². The smallest absolute Gasteiger partial charge is 0.427 e. The van der Waals surface area contributed by atoms with Gasteiger partial charge in [-0.3, -0.25) is 9.88 Å². The normalized spacial score (nSPS) is 16.6. The predicted octanol–water partition coefficient (Wildman–Crippen LogP) is 1.15. The summed E-state index contributed by atoms with van der Waals surface area (Å²) in [5.41, 5.74) is 0.893. The van der Waals surface area contributed by atoms with Gasteiger partial charge in [0.25, 0.3) is 0 Å². The van der Waals surface area contributed by atoms with Crippen LogP contribution in [0.15, 0.2) is 47.7 Å². The summed E-state index contributed by atoms with van der Waals surface area (Å²) < 4.78 is 11.1. The first-order valence-electron chi connectivity index (χ1n) is 7.00. The molecular formula is C15H18NO6P. The molecule has 8 heteroatoms. The Hall–Kier alpha value is -1.92. The molecule has 1 aromatic carbocycles. The molecule has 0 bridgehead atoms. The Kier molecular flexibility index (Phi) is 5.38. The second-order valence-corrected chi connectivity index (χ2v) is 6.55. The van der Waals surface area contributed by atoms with Crippen LogP contribution in [0.3, 0.4) is 0 Å². The lowest BCUT2D eigenvalue weighted by Crippen LogP contribution is -2.26. The van der Waals surface area contributed by atoms with Gasteiger partial charge >= 0.3 is 7.75 Å². The minimum Gasteiger partial charge on any atom is -0.508 e. The third kappa shape index (κ3) is 5.04. The van der Waals surface area contributed by atoms with Crippen LogP contribution in [0.25, 0.3) is 0 Å². The molecule has 5 N–H and O–H groups in total. The number of aryl methyl sites for hydroxylation is 1. The van der Waals surface area contributed by atoms with Crippen molar-refractivity contribution < 1.29 is 29.4 Å². The summed E-state index contributed by atoms with van der Waals surface area (Å²) in [6.45, 7) is 0. The standard InChI is InChI=1S/C15H18NO6P/c17-11-7-4-10(5-8-11)6-9-14(19)15-12(16-23(20,21)22)2-1-3-13(15)18/h1,3-5,7-8,14,17,19H,2,6,9H2,(H3,16,20,21,22). The third-order valence-corrected chi connectivity index (χ3v) is 4.00. The monoisotopic (exact) mass is 339 g/mol. The molecule has 7 nitrogen and oxygen atoms in total. The van der Waals surface area contributed by atoms with Gasteiger partial charge in [0, 0.05) is 17.7 Å². The fourth-order valence-corrected chi connectivity index (χ4v) is 2.95. The summed E-state index contributed by atoms with van der Waals surface area (Å²) in [5, 5.41) is 21.5. The zero-order valence-electron chi connectivity index (χ0n) is 12.2. The average Bonchev–Trinajstić information content (AvgIpc) is 2.45. The predicted molar refractivity (Wildman–Crippen MR) is 83.4 cm³/mol. The van der Waals surface area contributed by atoms with Crippen molar-refractivity contribution in [1.82, 2.24) is 5.09 Å². The van der Waals surface area contributed by atoms with Crippen molar-refractivity contribution in [3.63, 3.8) is 0 Å². The highest BCUT2D eigenvalue weighted by Crippen LogP contribution is 2.34. The highest BCUT2D eigenvalue weighted by atomic mass is 31.2. The van der Waals surface area contributed by atoms with Crippen LogP contribution in [0, 0.1) is 0 Å². The highest BCUT2D eigenvalue weighted by Gasteiger charge is 2.27. The van der Waals surface area contributed by atoms with Gasteiger partial charge in [-0.25, -0.2) is 4.57 Å². The fourth-order valence-electron chi connectivity index (χ4n) is 2.39. The van der Waals surface area contributed by atoms with Gasteiger partial charge in [0.15, 0.2) is 5.78 Å². The second-order valence-electron chi connectivity index (χ2n) is 5.24. The van der Waals surface area contributed by atoms with Gasteiger partial charge < -0.3 is 20.0 Å². The fraction of sp³-hybridized carbons (Fsp3) is 0.267. The van der Waals surface area contributed by atoms with Crippen molar-refractivity contribution in [1.29, 1.82) is 0 Å². The van der Waals surface area contributed by atoms with Gasteiger partial charge in [-0.15, -0.1) is 0 Å². The number of carbonyl (C=O) groups excluding carboxylic acids is 1. The lowest BCUT2D eigenvalue weighted by atomic mass is 9.93. The number of aromatic hydroxyl groups is 1. The molecule has 0 radical (unpaired) electrons. The molecule has 0 aromatic heterocycles. The SMILES string of the molecule is O=C1C=CCC(NP(=O)(O)O)=C1C(O)CCc1ccc(O)cc1. The number of rotatable bonds is 6. The number of aliphatic hydroxyl groups is 1. The number of carbonyl (C=O) groups is 1. The van der Waals surface area contributed by atoms with E-state index in [9.17, 15) is 19.6 Å². The average molecular weight is 339 g/mol. The molecule has 1 aromatic rings. The van der Waals surface area contributed by atoms with Crippen molar-refractivity contribution >= 4 is 13.5 Å². The van der Waals surface area contributed by atoms with Gasteiger partial charge in [-0.2, -0.15) is 0 Å². The lowest BCUT2D eigenvalue weighted by molar-refractivity contribution is -0.112. The molecule has 124 valence electrons. The number of phenolic OH excluding ortho intramolecular Hbond substituents is 1. The number of phenols is 1.